The molecule has 0 unspecified atom stereocenters. The van der Waals surface area contributed by atoms with Gasteiger partial charge in [0, 0.05) is 10.8 Å². The van der Waals surface area contributed by atoms with Gasteiger partial charge in [-0.1, -0.05) is 30.3 Å². The van der Waals surface area contributed by atoms with Gasteiger partial charge in [0.15, 0.2) is 0 Å². The third-order valence-corrected chi connectivity index (χ3v) is 2.83. The van der Waals surface area contributed by atoms with E-state index in [2.05, 4.69) is 10.2 Å². The van der Waals surface area contributed by atoms with Crippen LogP contribution in [0.2, 0.25) is 0 Å². The summed E-state index contributed by atoms with van der Waals surface area (Å²) in [7, 11) is 0. The summed E-state index contributed by atoms with van der Waals surface area (Å²) >= 11 is 0. The number of benzene rings is 2. The van der Waals surface area contributed by atoms with E-state index < -0.39 is 0 Å². The number of aliphatic hydroxyl groups is 1. The molecule has 0 saturated heterocycles. The summed E-state index contributed by atoms with van der Waals surface area (Å²) in [5.41, 5.74) is 0.797. The van der Waals surface area contributed by atoms with Gasteiger partial charge in [0.05, 0.1) is 12.8 Å². The summed E-state index contributed by atoms with van der Waals surface area (Å²) in [6.45, 7) is -0.0155. The molecule has 2 aromatic carbocycles. The van der Waals surface area contributed by atoms with Gasteiger partial charge in [-0.2, -0.15) is 5.10 Å². The zero-order valence-corrected chi connectivity index (χ0v) is 10.2. The summed E-state index contributed by atoms with van der Waals surface area (Å²) < 4.78 is 5.75. The molecule has 0 fully saturated rings. The van der Waals surface area contributed by atoms with Crippen LogP contribution in [0.15, 0.2) is 54.7 Å². The largest absolute Gasteiger partial charge is 0.437 e. The van der Waals surface area contributed by atoms with Crippen molar-refractivity contribution >= 4 is 10.8 Å². The molecule has 1 N–H and O–H groups in total. The monoisotopic (exact) mass is 252 g/mol. The number of hydrogen-bond donors (Lipinski definition) is 1. The van der Waals surface area contributed by atoms with Crippen molar-refractivity contribution < 1.29 is 9.84 Å². The van der Waals surface area contributed by atoms with Gasteiger partial charge < -0.3 is 9.84 Å². The van der Waals surface area contributed by atoms with Crippen LogP contribution in [0.25, 0.3) is 10.8 Å². The molecule has 94 valence electrons. The molecule has 0 atom stereocenters. The van der Waals surface area contributed by atoms with E-state index in [1.807, 2.05) is 42.5 Å². The van der Waals surface area contributed by atoms with E-state index in [-0.39, 0.29) is 6.61 Å². The average molecular weight is 252 g/mol. The molecule has 1 heterocycles. The van der Waals surface area contributed by atoms with Gasteiger partial charge in [-0.25, -0.2) is 0 Å². The van der Waals surface area contributed by atoms with Crippen LogP contribution in [0.4, 0.5) is 0 Å². The first-order chi connectivity index (χ1) is 9.36. The molecule has 0 aliphatic heterocycles. The Bertz CT molecular complexity index is 708. The van der Waals surface area contributed by atoms with Gasteiger partial charge in [0.1, 0.15) is 5.75 Å². The molecule has 0 bridgehead atoms. The second-order valence-electron chi connectivity index (χ2n) is 4.14. The third-order valence-electron chi connectivity index (χ3n) is 2.83. The summed E-state index contributed by atoms with van der Waals surface area (Å²) in [5, 5.41) is 19.0. The quantitative estimate of drug-likeness (QED) is 0.778. The van der Waals surface area contributed by atoms with Gasteiger partial charge in [-0.15, -0.1) is 5.10 Å². The van der Waals surface area contributed by atoms with Crippen LogP contribution in [-0.2, 0) is 6.61 Å². The standard InChI is InChI=1S/C15H12N2O2/c18-10-11-4-3-6-13(8-11)19-15-14-7-2-1-5-12(14)9-16-17-15/h1-9,18H,10H2. The van der Waals surface area contributed by atoms with Gasteiger partial charge in [-0.3, -0.25) is 0 Å². The van der Waals surface area contributed by atoms with Crippen LogP contribution in [0.5, 0.6) is 11.6 Å². The van der Waals surface area contributed by atoms with Crippen LogP contribution in [0.3, 0.4) is 0 Å². The lowest BCUT2D eigenvalue weighted by Gasteiger charge is -2.07. The highest BCUT2D eigenvalue weighted by molar-refractivity contribution is 5.85. The van der Waals surface area contributed by atoms with E-state index in [1.54, 1.807) is 12.3 Å². The van der Waals surface area contributed by atoms with E-state index in [9.17, 15) is 0 Å². The van der Waals surface area contributed by atoms with Crippen molar-refractivity contribution in [2.75, 3.05) is 0 Å². The van der Waals surface area contributed by atoms with Crippen molar-refractivity contribution in [1.29, 1.82) is 0 Å². The topological polar surface area (TPSA) is 55.2 Å². The highest BCUT2D eigenvalue weighted by Crippen LogP contribution is 2.27. The van der Waals surface area contributed by atoms with Gasteiger partial charge in [0.2, 0.25) is 5.88 Å². The van der Waals surface area contributed by atoms with Crippen LogP contribution < -0.4 is 4.74 Å². The van der Waals surface area contributed by atoms with Crippen LogP contribution >= 0.6 is 0 Å². The smallest absolute Gasteiger partial charge is 0.246 e. The Kier molecular flexibility index (Phi) is 3.08. The van der Waals surface area contributed by atoms with Gasteiger partial charge >= 0.3 is 0 Å². The molecule has 4 nitrogen and oxygen atoms in total. The summed E-state index contributed by atoms with van der Waals surface area (Å²) in [6.07, 6.45) is 1.70. The zero-order chi connectivity index (χ0) is 13.1. The highest BCUT2D eigenvalue weighted by atomic mass is 16.5. The molecular weight excluding hydrogens is 240 g/mol. The zero-order valence-electron chi connectivity index (χ0n) is 10.2. The molecule has 0 aliphatic carbocycles. The summed E-state index contributed by atoms with van der Waals surface area (Å²) in [4.78, 5) is 0. The molecule has 0 amide bonds. The first kappa shape index (κ1) is 11.6. The number of aromatic nitrogens is 2. The normalized spacial score (nSPS) is 10.6. The lowest BCUT2D eigenvalue weighted by atomic mass is 10.2. The van der Waals surface area contributed by atoms with Crippen molar-refractivity contribution in [3.05, 3.63) is 60.3 Å². The fraction of sp³-hybridized carbons (Fsp3) is 0.0667. The maximum absolute atomic E-state index is 9.12. The molecular formula is C15H12N2O2. The molecule has 3 aromatic rings. The Morgan fingerprint density at radius 1 is 1.05 bits per heavy atom. The second kappa shape index (κ2) is 5.04. The van der Waals surface area contributed by atoms with Crippen LogP contribution in [0, 0.1) is 0 Å². The van der Waals surface area contributed by atoms with Gasteiger partial charge in [-0.05, 0) is 23.8 Å². The molecule has 4 heteroatoms. The van der Waals surface area contributed by atoms with E-state index in [1.165, 1.54) is 0 Å². The first-order valence-electron chi connectivity index (χ1n) is 5.95. The SMILES string of the molecule is OCc1cccc(Oc2nncc3ccccc23)c1. The summed E-state index contributed by atoms with van der Waals surface area (Å²) in [5.74, 6) is 1.10. The Labute approximate surface area is 110 Å². The predicted octanol–water partition coefficient (Wildman–Crippen LogP) is 2.91. The molecule has 0 spiro atoms. The Morgan fingerprint density at radius 3 is 2.84 bits per heavy atom. The van der Waals surface area contributed by atoms with E-state index in [0.29, 0.717) is 11.6 Å². The minimum atomic E-state index is -0.0155. The lowest BCUT2D eigenvalue weighted by Crippen LogP contribution is -1.92. The number of aliphatic hydroxyl groups excluding tert-OH is 1. The van der Waals surface area contributed by atoms with Crippen molar-refractivity contribution in [3.63, 3.8) is 0 Å². The molecule has 0 saturated carbocycles. The fourth-order valence-electron chi connectivity index (χ4n) is 1.90. The van der Waals surface area contributed by atoms with Gasteiger partial charge in [0.25, 0.3) is 0 Å². The van der Waals surface area contributed by atoms with E-state index >= 15 is 0 Å². The summed E-state index contributed by atoms with van der Waals surface area (Å²) in [6, 6.07) is 15.0. The molecule has 3 rings (SSSR count). The lowest BCUT2D eigenvalue weighted by molar-refractivity contribution is 0.281. The van der Waals surface area contributed by atoms with Crippen LogP contribution in [0.1, 0.15) is 5.56 Å². The Balaban J connectivity index is 2.01. The van der Waals surface area contributed by atoms with Crippen molar-refractivity contribution in [3.8, 4) is 11.6 Å². The first-order valence-corrected chi connectivity index (χ1v) is 5.95. The fourth-order valence-corrected chi connectivity index (χ4v) is 1.90. The molecule has 19 heavy (non-hydrogen) atoms. The van der Waals surface area contributed by atoms with Crippen molar-refractivity contribution in [2.24, 2.45) is 0 Å². The minimum Gasteiger partial charge on any atom is -0.437 e. The highest BCUT2D eigenvalue weighted by Gasteiger charge is 2.05. The average Bonchev–Trinajstić information content (AvgIpc) is 2.48. The number of fused-ring (bicyclic) bond motifs is 1. The third kappa shape index (κ3) is 2.39. The Hall–Kier alpha value is -2.46. The maximum atomic E-state index is 9.12. The maximum Gasteiger partial charge on any atom is 0.246 e. The molecule has 0 radical (unpaired) electrons. The van der Waals surface area contributed by atoms with E-state index in [4.69, 9.17) is 9.84 Å². The second-order valence-corrected chi connectivity index (χ2v) is 4.14. The minimum absolute atomic E-state index is 0.0155. The molecule has 0 aliphatic rings. The number of hydrogen-bond acceptors (Lipinski definition) is 4. The van der Waals surface area contributed by atoms with Crippen molar-refractivity contribution in [2.45, 2.75) is 6.61 Å². The number of nitrogens with zero attached hydrogens (tertiary/aromatic N) is 2. The Morgan fingerprint density at radius 2 is 1.95 bits per heavy atom. The number of rotatable bonds is 3. The van der Waals surface area contributed by atoms with Crippen molar-refractivity contribution in [1.82, 2.24) is 10.2 Å². The molecule has 1 aromatic heterocycles. The van der Waals surface area contributed by atoms with Crippen LogP contribution in [-0.4, -0.2) is 15.3 Å². The number of ether oxygens (including phenoxy) is 1. The predicted molar refractivity (Wildman–Crippen MR) is 72.0 cm³/mol. The van der Waals surface area contributed by atoms with E-state index in [0.717, 1.165) is 16.3 Å².